The summed E-state index contributed by atoms with van der Waals surface area (Å²) < 4.78 is 5.41. The van der Waals surface area contributed by atoms with E-state index in [1.165, 1.54) is 0 Å². The molecule has 0 radical (unpaired) electrons. The summed E-state index contributed by atoms with van der Waals surface area (Å²) in [5, 5.41) is 16.2. The second kappa shape index (κ2) is 8.07. The topological polar surface area (TPSA) is 69.8 Å². The average molecular weight is 377 g/mol. The highest BCUT2D eigenvalue weighted by atomic mass is 127. The lowest BCUT2D eigenvalue weighted by Gasteiger charge is -2.22. The largest absolute Gasteiger partial charge is 0.463 e. The molecule has 0 aliphatic heterocycles. The summed E-state index contributed by atoms with van der Waals surface area (Å²) in [6, 6.07) is 3.57. The first-order chi connectivity index (χ1) is 8.49. The van der Waals surface area contributed by atoms with E-state index in [9.17, 15) is 5.11 Å². The minimum Gasteiger partial charge on any atom is -0.463 e. The number of nitrogens with one attached hydrogen (secondary N) is 2. The smallest absolute Gasteiger partial charge is 0.191 e. The maximum atomic E-state index is 10.3. The molecule has 0 fully saturated rings. The van der Waals surface area contributed by atoms with Crippen LogP contribution in [0, 0.1) is 19.3 Å². The molecule has 1 aromatic heterocycles. The molecule has 0 amide bonds. The molecule has 1 aromatic rings. The van der Waals surface area contributed by atoms with Crippen LogP contribution in [0.4, 0.5) is 0 Å². The Labute approximate surface area is 130 Å². The predicted molar refractivity (Wildman–Crippen MR) is 86.6 cm³/mol. The van der Waals surface area contributed by atoms with Crippen LogP contribution in [0.3, 0.4) is 0 Å². The maximum Gasteiger partial charge on any atom is 0.191 e. The molecular weight excluding hydrogens is 357 g/mol. The van der Waals surface area contributed by atoms with Crippen molar-refractivity contribution in [1.82, 2.24) is 10.6 Å². The summed E-state index contributed by atoms with van der Waals surface area (Å²) in [6.45, 7) is 4.15. The van der Waals surface area contributed by atoms with E-state index in [1.807, 2.05) is 13.0 Å². The summed E-state index contributed by atoms with van der Waals surface area (Å²) in [4.78, 5) is 3.98. The average Bonchev–Trinajstić information content (AvgIpc) is 2.77. The van der Waals surface area contributed by atoms with Gasteiger partial charge in [-0.3, -0.25) is 4.99 Å². The Morgan fingerprint density at radius 3 is 2.68 bits per heavy atom. The molecule has 0 saturated heterocycles. The van der Waals surface area contributed by atoms with E-state index < -0.39 is 5.60 Å². The predicted octanol–water partition coefficient (Wildman–Crippen LogP) is 1.21. The Balaban J connectivity index is 0.00000324. The van der Waals surface area contributed by atoms with Crippen molar-refractivity contribution < 1.29 is 9.52 Å². The molecule has 0 aliphatic carbocycles. The number of nitrogens with zero attached hydrogens (tertiary/aromatic N) is 1. The van der Waals surface area contributed by atoms with Gasteiger partial charge in [-0.2, -0.15) is 0 Å². The molecule has 0 aromatic carbocycles. The minimum absolute atomic E-state index is 0. The van der Waals surface area contributed by atoms with E-state index in [1.54, 1.807) is 20.0 Å². The van der Waals surface area contributed by atoms with E-state index in [4.69, 9.17) is 10.8 Å². The van der Waals surface area contributed by atoms with Gasteiger partial charge >= 0.3 is 0 Å². The number of guanidine groups is 1. The Morgan fingerprint density at radius 2 is 2.21 bits per heavy atom. The van der Waals surface area contributed by atoms with Crippen molar-refractivity contribution in [3.05, 3.63) is 23.7 Å². The number of aryl methyl sites for hydroxylation is 1. The maximum absolute atomic E-state index is 10.3. The molecule has 1 atom stereocenters. The van der Waals surface area contributed by atoms with Gasteiger partial charge in [0.2, 0.25) is 0 Å². The first kappa shape index (κ1) is 17.8. The fraction of sp³-hybridized carbons (Fsp3) is 0.462. The third-order valence-corrected chi connectivity index (χ3v) is 2.45. The second-order valence-corrected chi connectivity index (χ2v) is 4.17. The van der Waals surface area contributed by atoms with Crippen LogP contribution in [0.1, 0.15) is 18.4 Å². The van der Waals surface area contributed by atoms with Crippen LogP contribution < -0.4 is 10.6 Å². The quantitative estimate of drug-likeness (QED) is 0.319. The molecule has 0 spiro atoms. The third-order valence-electron chi connectivity index (χ3n) is 2.45. The summed E-state index contributed by atoms with van der Waals surface area (Å²) >= 11 is 0. The summed E-state index contributed by atoms with van der Waals surface area (Å²) in [6.07, 6.45) is 5.15. The lowest BCUT2D eigenvalue weighted by Crippen LogP contribution is -2.44. The molecule has 1 rings (SSSR count). The summed E-state index contributed by atoms with van der Waals surface area (Å²) in [5.41, 5.74) is -1.11. The normalized spacial score (nSPS) is 13.9. The van der Waals surface area contributed by atoms with Crippen LogP contribution in [0.2, 0.25) is 0 Å². The Morgan fingerprint density at radius 1 is 1.53 bits per heavy atom. The number of hydrogen-bond donors (Lipinski definition) is 3. The van der Waals surface area contributed by atoms with Crippen molar-refractivity contribution in [1.29, 1.82) is 0 Å². The van der Waals surface area contributed by atoms with Gasteiger partial charge in [-0.15, -0.1) is 30.4 Å². The molecule has 106 valence electrons. The van der Waals surface area contributed by atoms with E-state index in [2.05, 4.69) is 21.5 Å². The van der Waals surface area contributed by atoms with Crippen molar-refractivity contribution in [3.63, 3.8) is 0 Å². The first-order valence-electron chi connectivity index (χ1n) is 5.67. The number of rotatable bonds is 4. The zero-order chi connectivity index (χ0) is 13.6. The van der Waals surface area contributed by atoms with Gasteiger partial charge in [0, 0.05) is 7.05 Å². The standard InChI is InChI=1S/C13H19N3O2.HI/c1-5-8-15-12(14-4)16-9-13(3,17)11-7-6-10(2)18-11;/h1,6-7,17H,8-9H2,2-4H3,(H2,14,15,16);1H. The Kier molecular flexibility index (Phi) is 7.56. The second-order valence-electron chi connectivity index (χ2n) is 4.17. The minimum atomic E-state index is -1.11. The van der Waals surface area contributed by atoms with E-state index in [0.717, 1.165) is 5.76 Å². The zero-order valence-corrected chi connectivity index (χ0v) is 13.7. The highest BCUT2D eigenvalue weighted by Gasteiger charge is 2.26. The summed E-state index contributed by atoms with van der Waals surface area (Å²) in [7, 11) is 1.64. The highest BCUT2D eigenvalue weighted by Crippen LogP contribution is 2.21. The highest BCUT2D eigenvalue weighted by molar-refractivity contribution is 14.0. The van der Waals surface area contributed by atoms with Gasteiger partial charge in [0.1, 0.15) is 17.1 Å². The van der Waals surface area contributed by atoms with Gasteiger partial charge in [0.25, 0.3) is 0 Å². The van der Waals surface area contributed by atoms with Crippen LogP contribution in [0.15, 0.2) is 21.5 Å². The molecule has 1 heterocycles. The van der Waals surface area contributed by atoms with Crippen LogP contribution >= 0.6 is 24.0 Å². The SMILES string of the molecule is C#CCNC(=NC)NCC(C)(O)c1ccc(C)o1.I. The molecule has 19 heavy (non-hydrogen) atoms. The summed E-state index contributed by atoms with van der Waals surface area (Å²) in [5.74, 6) is 4.27. The Hall–Kier alpha value is -1.20. The van der Waals surface area contributed by atoms with E-state index in [-0.39, 0.29) is 30.5 Å². The van der Waals surface area contributed by atoms with Gasteiger partial charge in [0.15, 0.2) is 5.96 Å². The number of hydrogen-bond acceptors (Lipinski definition) is 3. The first-order valence-corrected chi connectivity index (χ1v) is 5.67. The van der Waals surface area contributed by atoms with Crippen molar-refractivity contribution in [2.45, 2.75) is 19.4 Å². The lowest BCUT2D eigenvalue weighted by molar-refractivity contribution is 0.0378. The number of aliphatic imine (C=N–C) groups is 1. The molecular formula is C13H20IN3O2. The van der Waals surface area contributed by atoms with Crippen molar-refractivity contribution in [3.8, 4) is 12.3 Å². The zero-order valence-electron chi connectivity index (χ0n) is 11.4. The van der Waals surface area contributed by atoms with Crippen LogP contribution in [0.5, 0.6) is 0 Å². The van der Waals surface area contributed by atoms with E-state index >= 15 is 0 Å². The van der Waals surface area contributed by atoms with Gasteiger partial charge < -0.3 is 20.2 Å². The Bertz CT molecular complexity index is 461. The van der Waals surface area contributed by atoms with Crippen LogP contribution in [-0.4, -0.2) is 31.2 Å². The molecule has 0 bridgehead atoms. The van der Waals surface area contributed by atoms with Crippen molar-refractivity contribution in [2.75, 3.05) is 20.1 Å². The molecule has 0 saturated carbocycles. The van der Waals surface area contributed by atoms with Crippen LogP contribution in [0.25, 0.3) is 0 Å². The van der Waals surface area contributed by atoms with Gasteiger partial charge in [-0.1, -0.05) is 5.92 Å². The number of terminal acetylenes is 1. The number of halogens is 1. The molecule has 3 N–H and O–H groups in total. The fourth-order valence-corrected chi connectivity index (χ4v) is 1.42. The number of aliphatic hydroxyl groups is 1. The molecule has 0 aliphatic rings. The van der Waals surface area contributed by atoms with Crippen molar-refractivity contribution in [2.24, 2.45) is 4.99 Å². The van der Waals surface area contributed by atoms with Crippen LogP contribution in [-0.2, 0) is 5.60 Å². The van der Waals surface area contributed by atoms with Gasteiger partial charge in [-0.25, -0.2) is 0 Å². The molecule has 5 nitrogen and oxygen atoms in total. The molecule has 6 heteroatoms. The lowest BCUT2D eigenvalue weighted by atomic mass is 10.0. The third kappa shape index (κ3) is 5.53. The number of furan rings is 1. The van der Waals surface area contributed by atoms with E-state index in [0.29, 0.717) is 18.3 Å². The molecule has 1 unspecified atom stereocenters. The van der Waals surface area contributed by atoms with Crippen molar-refractivity contribution >= 4 is 29.9 Å². The monoisotopic (exact) mass is 377 g/mol. The van der Waals surface area contributed by atoms with Gasteiger partial charge in [0.05, 0.1) is 13.1 Å². The van der Waals surface area contributed by atoms with Gasteiger partial charge in [-0.05, 0) is 26.0 Å². The fourth-order valence-electron chi connectivity index (χ4n) is 1.42.